The van der Waals surface area contributed by atoms with Crippen molar-refractivity contribution in [2.45, 2.75) is 36.6 Å². The lowest BCUT2D eigenvalue weighted by Gasteiger charge is -2.21. The number of amides is 1. The average molecular weight is 373 g/mol. The van der Waals surface area contributed by atoms with Crippen LogP contribution in [0.4, 0.5) is 0 Å². The number of carbonyl (C=O) groups is 1. The molecule has 1 heterocycles. The van der Waals surface area contributed by atoms with E-state index in [1.165, 1.54) is 28.3 Å². The zero-order chi connectivity index (χ0) is 18.4. The van der Waals surface area contributed by atoms with Gasteiger partial charge in [-0.3, -0.25) is 9.78 Å². The molecule has 138 valence electrons. The molecule has 1 N–H and O–H groups in total. The van der Waals surface area contributed by atoms with Crippen LogP contribution in [0.3, 0.4) is 0 Å². The van der Waals surface area contributed by atoms with Crippen LogP contribution >= 0.6 is 0 Å². The van der Waals surface area contributed by atoms with Crippen LogP contribution in [-0.2, 0) is 21.2 Å². The highest BCUT2D eigenvalue weighted by atomic mass is 32.2. The summed E-state index contributed by atoms with van der Waals surface area (Å²) in [7, 11) is -3.70. The average Bonchev–Trinajstić information content (AvgIpc) is 3.50. The van der Waals surface area contributed by atoms with Gasteiger partial charge in [-0.1, -0.05) is 30.3 Å². The van der Waals surface area contributed by atoms with E-state index in [1.807, 2.05) is 18.2 Å². The number of sulfonamides is 1. The minimum absolute atomic E-state index is 0.0877. The van der Waals surface area contributed by atoms with Crippen molar-refractivity contribution in [3.8, 4) is 0 Å². The van der Waals surface area contributed by atoms with Crippen LogP contribution in [0.5, 0.6) is 0 Å². The van der Waals surface area contributed by atoms with Gasteiger partial charge in [0.05, 0.1) is 6.54 Å². The Kier molecular flexibility index (Phi) is 6.00. The molecular formula is C19H23N3O3S. The first-order chi connectivity index (χ1) is 12.6. The van der Waals surface area contributed by atoms with E-state index in [1.54, 1.807) is 6.07 Å². The van der Waals surface area contributed by atoms with E-state index >= 15 is 0 Å². The third-order valence-corrected chi connectivity index (χ3v) is 6.18. The maximum absolute atomic E-state index is 12.8. The van der Waals surface area contributed by atoms with Crippen LogP contribution in [0.1, 0.15) is 24.8 Å². The largest absolute Gasteiger partial charge is 0.355 e. The molecule has 0 bridgehead atoms. The Bertz CT molecular complexity index is 822. The van der Waals surface area contributed by atoms with E-state index < -0.39 is 10.0 Å². The summed E-state index contributed by atoms with van der Waals surface area (Å²) in [6.07, 6.45) is 6.12. The van der Waals surface area contributed by atoms with Gasteiger partial charge in [0.15, 0.2) is 0 Å². The molecular weight excluding hydrogens is 350 g/mol. The second-order valence-electron chi connectivity index (χ2n) is 6.41. The van der Waals surface area contributed by atoms with Gasteiger partial charge in [0, 0.05) is 25.0 Å². The fourth-order valence-corrected chi connectivity index (χ4v) is 4.38. The summed E-state index contributed by atoms with van der Waals surface area (Å²) >= 11 is 0. The first-order valence-electron chi connectivity index (χ1n) is 8.80. The topological polar surface area (TPSA) is 79.4 Å². The Labute approximate surface area is 154 Å². The van der Waals surface area contributed by atoms with Crippen molar-refractivity contribution >= 4 is 15.9 Å². The van der Waals surface area contributed by atoms with Crippen LogP contribution in [0, 0.1) is 0 Å². The Morgan fingerprint density at radius 1 is 1.15 bits per heavy atom. The number of rotatable bonds is 9. The van der Waals surface area contributed by atoms with Gasteiger partial charge in [-0.25, -0.2) is 8.42 Å². The van der Waals surface area contributed by atoms with E-state index in [0.29, 0.717) is 6.54 Å². The molecule has 0 spiro atoms. The first-order valence-corrected chi connectivity index (χ1v) is 10.2. The number of carbonyl (C=O) groups excluding carboxylic acids is 1. The van der Waals surface area contributed by atoms with E-state index in [2.05, 4.69) is 22.4 Å². The van der Waals surface area contributed by atoms with Gasteiger partial charge in [0.2, 0.25) is 15.9 Å². The molecule has 0 atom stereocenters. The van der Waals surface area contributed by atoms with Crippen LogP contribution in [-0.4, -0.2) is 42.7 Å². The molecule has 0 aliphatic heterocycles. The lowest BCUT2D eigenvalue weighted by Crippen LogP contribution is -2.42. The molecule has 26 heavy (non-hydrogen) atoms. The predicted octanol–water partition coefficient (Wildman–Crippen LogP) is 1.98. The van der Waals surface area contributed by atoms with Crippen LogP contribution < -0.4 is 5.32 Å². The van der Waals surface area contributed by atoms with Crippen LogP contribution in [0.25, 0.3) is 0 Å². The van der Waals surface area contributed by atoms with Crippen molar-refractivity contribution < 1.29 is 13.2 Å². The van der Waals surface area contributed by atoms with Crippen molar-refractivity contribution in [3.63, 3.8) is 0 Å². The van der Waals surface area contributed by atoms with E-state index in [4.69, 9.17) is 0 Å². The fourth-order valence-electron chi connectivity index (χ4n) is 2.77. The number of aryl methyl sites for hydroxylation is 1. The predicted molar refractivity (Wildman–Crippen MR) is 98.9 cm³/mol. The van der Waals surface area contributed by atoms with Crippen molar-refractivity contribution in [2.75, 3.05) is 13.1 Å². The van der Waals surface area contributed by atoms with Gasteiger partial charge in [-0.2, -0.15) is 4.31 Å². The number of nitrogens with zero attached hydrogens (tertiary/aromatic N) is 2. The van der Waals surface area contributed by atoms with Crippen molar-refractivity contribution in [1.29, 1.82) is 0 Å². The third kappa shape index (κ3) is 4.89. The fraction of sp³-hybridized carbons (Fsp3) is 0.368. The van der Waals surface area contributed by atoms with Crippen LogP contribution in [0.15, 0.2) is 59.8 Å². The van der Waals surface area contributed by atoms with Gasteiger partial charge in [-0.05, 0) is 43.4 Å². The highest BCUT2D eigenvalue weighted by Gasteiger charge is 2.39. The second-order valence-corrected chi connectivity index (χ2v) is 8.30. The Morgan fingerprint density at radius 2 is 1.92 bits per heavy atom. The molecule has 3 rings (SSSR count). The second kappa shape index (κ2) is 8.42. The summed E-state index contributed by atoms with van der Waals surface area (Å²) in [5.41, 5.74) is 1.22. The molecule has 0 saturated heterocycles. The molecule has 1 aliphatic rings. The molecule has 1 aliphatic carbocycles. The summed E-state index contributed by atoms with van der Waals surface area (Å²) in [4.78, 5) is 16.2. The van der Waals surface area contributed by atoms with E-state index in [-0.39, 0.29) is 23.4 Å². The number of aromatic nitrogens is 1. The summed E-state index contributed by atoms with van der Waals surface area (Å²) in [6, 6.07) is 13.1. The molecule has 0 radical (unpaired) electrons. The molecule has 1 aromatic heterocycles. The summed E-state index contributed by atoms with van der Waals surface area (Å²) < 4.78 is 26.8. The molecule has 6 nitrogen and oxygen atoms in total. The Hall–Kier alpha value is -2.25. The SMILES string of the molecule is O=C(CN(C1CC1)S(=O)(=O)c1cccnc1)NCCCc1ccccc1. The van der Waals surface area contributed by atoms with Gasteiger partial charge < -0.3 is 5.32 Å². The molecule has 1 amide bonds. The molecule has 1 aromatic carbocycles. The summed E-state index contributed by atoms with van der Waals surface area (Å²) in [5, 5.41) is 2.83. The standard InChI is InChI=1S/C19H23N3O3S/c23-19(21-13-4-8-16-6-2-1-3-7-16)15-22(17-10-11-17)26(24,25)18-9-5-12-20-14-18/h1-3,5-7,9,12,14,17H,4,8,10-11,13,15H2,(H,21,23). The third-order valence-electron chi connectivity index (χ3n) is 4.30. The number of hydrogen-bond acceptors (Lipinski definition) is 4. The summed E-state index contributed by atoms with van der Waals surface area (Å²) in [6.45, 7) is 0.381. The molecule has 0 unspecified atom stereocenters. The smallest absolute Gasteiger partial charge is 0.245 e. The number of nitrogens with one attached hydrogen (secondary N) is 1. The number of pyridine rings is 1. The quantitative estimate of drug-likeness (QED) is 0.682. The lowest BCUT2D eigenvalue weighted by atomic mass is 10.1. The lowest BCUT2D eigenvalue weighted by molar-refractivity contribution is -0.121. The van der Waals surface area contributed by atoms with Crippen LogP contribution in [0.2, 0.25) is 0 Å². The van der Waals surface area contributed by atoms with Gasteiger partial charge in [0.25, 0.3) is 0 Å². The van der Waals surface area contributed by atoms with Gasteiger partial charge >= 0.3 is 0 Å². The van der Waals surface area contributed by atoms with E-state index in [0.717, 1.165) is 25.7 Å². The Balaban J connectivity index is 1.53. The maximum Gasteiger partial charge on any atom is 0.245 e. The minimum atomic E-state index is -3.70. The summed E-state index contributed by atoms with van der Waals surface area (Å²) in [5.74, 6) is -0.266. The van der Waals surface area contributed by atoms with Crippen molar-refractivity contribution in [1.82, 2.24) is 14.6 Å². The highest BCUT2D eigenvalue weighted by molar-refractivity contribution is 7.89. The monoisotopic (exact) mass is 373 g/mol. The van der Waals surface area contributed by atoms with Gasteiger partial charge in [-0.15, -0.1) is 0 Å². The van der Waals surface area contributed by atoms with Crippen molar-refractivity contribution in [2.24, 2.45) is 0 Å². The normalized spacial score (nSPS) is 14.3. The Morgan fingerprint density at radius 3 is 2.58 bits per heavy atom. The molecule has 1 fully saturated rings. The maximum atomic E-state index is 12.8. The van der Waals surface area contributed by atoms with Crippen molar-refractivity contribution in [3.05, 3.63) is 60.4 Å². The minimum Gasteiger partial charge on any atom is -0.355 e. The van der Waals surface area contributed by atoms with E-state index in [9.17, 15) is 13.2 Å². The number of benzene rings is 1. The zero-order valence-electron chi connectivity index (χ0n) is 14.5. The van der Waals surface area contributed by atoms with Gasteiger partial charge in [0.1, 0.15) is 4.90 Å². The number of hydrogen-bond donors (Lipinski definition) is 1. The highest BCUT2D eigenvalue weighted by Crippen LogP contribution is 2.31. The molecule has 1 saturated carbocycles. The zero-order valence-corrected chi connectivity index (χ0v) is 15.4. The first kappa shape index (κ1) is 18.5. The molecule has 2 aromatic rings. The molecule has 7 heteroatoms.